The molecular formula is C14H16F2N4. The van der Waals surface area contributed by atoms with Gasteiger partial charge < -0.3 is 5.32 Å². The van der Waals surface area contributed by atoms with Crippen molar-refractivity contribution in [3.8, 4) is 0 Å². The van der Waals surface area contributed by atoms with Crippen LogP contribution in [-0.4, -0.2) is 20.8 Å². The minimum Gasteiger partial charge on any atom is -0.307 e. The Morgan fingerprint density at radius 3 is 2.70 bits per heavy atom. The third-order valence-corrected chi connectivity index (χ3v) is 3.37. The van der Waals surface area contributed by atoms with E-state index in [4.69, 9.17) is 0 Å². The summed E-state index contributed by atoms with van der Waals surface area (Å²) < 4.78 is 29.7. The van der Waals surface area contributed by atoms with Gasteiger partial charge >= 0.3 is 0 Å². The van der Waals surface area contributed by atoms with Gasteiger partial charge in [-0.2, -0.15) is 13.9 Å². The number of benzene rings is 1. The van der Waals surface area contributed by atoms with E-state index in [2.05, 4.69) is 15.4 Å². The van der Waals surface area contributed by atoms with Crippen LogP contribution in [0.3, 0.4) is 0 Å². The van der Waals surface area contributed by atoms with Crippen LogP contribution < -0.4 is 5.32 Å². The van der Waals surface area contributed by atoms with Crippen LogP contribution in [0.15, 0.2) is 36.7 Å². The van der Waals surface area contributed by atoms with Gasteiger partial charge in [0.25, 0.3) is 5.92 Å². The number of aromatic nitrogens is 3. The quantitative estimate of drug-likeness (QED) is 0.882. The molecule has 1 aromatic heterocycles. The maximum Gasteiger partial charge on any atom is 0.292 e. The first kappa shape index (κ1) is 13.2. The van der Waals surface area contributed by atoms with Gasteiger partial charge in [0, 0.05) is 11.6 Å². The van der Waals surface area contributed by atoms with Crippen LogP contribution in [-0.2, 0) is 19.0 Å². The second kappa shape index (κ2) is 5.28. The van der Waals surface area contributed by atoms with Crippen molar-refractivity contribution in [3.63, 3.8) is 0 Å². The van der Waals surface area contributed by atoms with Crippen molar-refractivity contribution in [1.29, 1.82) is 0 Å². The van der Waals surface area contributed by atoms with E-state index in [1.165, 1.54) is 23.1 Å². The summed E-state index contributed by atoms with van der Waals surface area (Å²) in [6, 6.07) is 8.31. The van der Waals surface area contributed by atoms with E-state index in [1.54, 1.807) is 18.2 Å². The predicted molar refractivity (Wildman–Crippen MR) is 70.2 cm³/mol. The highest BCUT2D eigenvalue weighted by molar-refractivity contribution is 5.19. The van der Waals surface area contributed by atoms with E-state index in [9.17, 15) is 8.78 Å². The lowest BCUT2D eigenvalue weighted by Crippen LogP contribution is -2.26. The minimum atomic E-state index is -2.96. The molecule has 0 aliphatic heterocycles. The fourth-order valence-corrected chi connectivity index (χ4v) is 2.04. The molecule has 1 N–H and O–H groups in total. The fraction of sp³-hybridized carbons (Fsp3) is 0.429. The summed E-state index contributed by atoms with van der Waals surface area (Å²) in [5, 5.41) is 7.17. The monoisotopic (exact) mass is 278 g/mol. The number of rotatable bonds is 6. The summed E-state index contributed by atoms with van der Waals surface area (Å²) in [5.74, 6) is -2.41. The summed E-state index contributed by atoms with van der Waals surface area (Å²) in [4.78, 5) is 4.05. The van der Waals surface area contributed by atoms with Crippen LogP contribution in [0.5, 0.6) is 0 Å². The lowest BCUT2D eigenvalue weighted by molar-refractivity contribution is -0.0263. The molecule has 4 nitrogen and oxygen atoms in total. The number of nitrogens with zero attached hydrogens (tertiary/aromatic N) is 3. The van der Waals surface area contributed by atoms with Crippen molar-refractivity contribution in [2.45, 2.75) is 37.9 Å². The summed E-state index contributed by atoms with van der Waals surface area (Å²) in [7, 11) is 0. The van der Waals surface area contributed by atoms with Crippen LogP contribution in [0.25, 0.3) is 0 Å². The maximum absolute atomic E-state index is 14.2. The number of nitrogens with one attached hydrogen (secondary N) is 1. The van der Waals surface area contributed by atoms with E-state index in [1.807, 2.05) is 0 Å². The van der Waals surface area contributed by atoms with Crippen LogP contribution in [0.2, 0.25) is 0 Å². The van der Waals surface area contributed by atoms with Gasteiger partial charge in [-0.15, -0.1) is 0 Å². The highest BCUT2D eigenvalue weighted by Crippen LogP contribution is 2.29. The maximum atomic E-state index is 14.2. The van der Waals surface area contributed by atoms with Crippen molar-refractivity contribution < 1.29 is 8.78 Å². The Labute approximate surface area is 115 Å². The number of halogens is 2. The fourth-order valence-electron chi connectivity index (χ4n) is 2.04. The Morgan fingerprint density at radius 1 is 1.25 bits per heavy atom. The highest BCUT2D eigenvalue weighted by Gasteiger charge is 2.33. The molecule has 106 valence electrons. The molecule has 6 heteroatoms. The van der Waals surface area contributed by atoms with Gasteiger partial charge in [0.05, 0.1) is 6.54 Å². The molecule has 1 heterocycles. The third kappa shape index (κ3) is 3.01. The molecule has 1 aromatic carbocycles. The van der Waals surface area contributed by atoms with Gasteiger partial charge in [0.15, 0.2) is 0 Å². The molecule has 0 atom stereocenters. The Morgan fingerprint density at radius 2 is 2.00 bits per heavy atom. The van der Waals surface area contributed by atoms with E-state index in [0.29, 0.717) is 18.4 Å². The lowest BCUT2D eigenvalue weighted by atomic mass is 10.1. The Balaban J connectivity index is 1.71. The number of alkyl halides is 2. The molecule has 0 radical (unpaired) electrons. The van der Waals surface area contributed by atoms with Crippen molar-refractivity contribution in [2.75, 3.05) is 0 Å². The van der Waals surface area contributed by atoms with Gasteiger partial charge in [-0.25, -0.2) is 9.67 Å². The van der Waals surface area contributed by atoms with Crippen molar-refractivity contribution in [2.24, 2.45) is 0 Å². The highest BCUT2D eigenvalue weighted by atomic mass is 19.3. The molecule has 3 rings (SSSR count). The molecule has 2 aromatic rings. The molecule has 0 saturated heterocycles. The molecule has 1 aliphatic rings. The lowest BCUT2D eigenvalue weighted by Gasteiger charge is -2.17. The molecule has 20 heavy (non-hydrogen) atoms. The van der Waals surface area contributed by atoms with E-state index in [0.717, 1.165) is 12.8 Å². The normalized spacial score (nSPS) is 15.5. The van der Waals surface area contributed by atoms with Gasteiger partial charge in [-0.05, 0) is 12.8 Å². The topological polar surface area (TPSA) is 42.7 Å². The number of hydrogen-bond donors (Lipinski definition) is 1. The third-order valence-electron chi connectivity index (χ3n) is 3.37. The van der Waals surface area contributed by atoms with Crippen molar-refractivity contribution >= 4 is 0 Å². The smallest absolute Gasteiger partial charge is 0.292 e. The summed E-state index contributed by atoms with van der Waals surface area (Å²) >= 11 is 0. The Hall–Kier alpha value is -1.82. The molecule has 1 saturated carbocycles. The zero-order chi connectivity index (χ0) is 14.0. The largest absolute Gasteiger partial charge is 0.307 e. The summed E-state index contributed by atoms with van der Waals surface area (Å²) in [6.07, 6.45) is 3.62. The van der Waals surface area contributed by atoms with Crippen LogP contribution in [0.4, 0.5) is 8.78 Å². The summed E-state index contributed by atoms with van der Waals surface area (Å²) in [6.45, 7) is -0.00572. The summed E-state index contributed by atoms with van der Waals surface area (Å²) in [5.41, 5.74) is -0.00315. The molecule has 1 fully saturated rings. The first-order chi connectivity index (χ1) is 9.65. The van der Waals surface area contributed by atoms with Gasteiger partial charge in [0.1, 0.15) is 18.7 Å². The standard InChI is InChI=1S/C14H16F2N4/c15-14(16,11-4-2-1-3-5-11)9-20-13(18-10-19-20)8-17-12-6-7-12/h1-5,10,12,17H,6-9H2. The van der Waals surface area contributed by atoms with Crippen molar-refractivity contribution in [3.05, 3.63) is 48.0 Å². The molecule has 0 bridgehead atoms. The average Bonchev–Trinajstić information content (AvgIpc) is 3.18. The van der Waals surface area contributed by atoms with Crippen LogP contribution >= 0.6 is 0 Å². The average molecular weight is 278 g/mol. The first-order valence-electron chi connectivity index (χ1n) is 6.68. The van der Waals surface area contributed by atoms with E-state index >= 15 is 0 Å². The molecule has 0 spiro atoms. The van der Waals surface area contributed by atoms with E-state index < -0.39 is 12.5 Å². The van der Waals surface area contributed by atoms with Crippen LogP contribution in [0, 0.1) is 0 Å². The SMILES string of the molecule is FC(F)(Cn1ncnc1CNC1CC1)c1ccccc1. The van der Waals surface area contributed by atoms with Gasteiger partial charge in [-0.1, -0.05) is 30.3 Å². The zero-order valence-corrected chi connectivity index (χ0v) is 11.0. The molecule has 1 aliphatic carbocycles. The predicted octanol–water partition coefficient (Wildman–Crippen LogP) is 2.32. The van der Waals surface area contributed by atoms with Gasteiger partial charge in [-0.3, -0.25) is 0 Å². The molecule has 0 unspecified atom stereocenters. The number of hydrogen-bond acceptors (Lipinski definition) is 3. The van der Waals surface area contributed by atoms with Crippen molar-refractivity contribution in [1.82, 2.24) is 20.1 Å². The second-order valence-corrected chi connectivity index (χ2v) is 5.06. The second-order valence-electron chi connectivity index (χ2n) is 5.06. The van der Waals surface area contributed by atoms with Crippen LogP contribution in [0.1, 0.15) is 24.2 Å². The Kier molecular flexibility index (Phi) is 3.48. The molecular weight excluding hydrogens is 262 g/mol. The van der Waals surface area contributed by atoms with Gasteiger partial charge in [0.2, 0.25) is 0 Å². The van der Waals surface area contributed by atoms with E-state index in [-0.39, 0.29) is 5.56 Å². The first-order valence-corrected chi connectivity index (χ1v) is 6.68. The molecule has 0 amide bonds. The minimum absolute atomic E-state index is 0.00315. The zero-order valence-electron chi connectivity index (χ0n) is 11.0. The Bertz CT molecular complexity index is 564.